The molecule has 2 aromatic rings. The number of halogens is 1. The van der Waals surface area contributed by atoms with E-state index in [9.17, 15) is 4.79 Å². The van der Waals surface area contributed by atoms with Gasteiger partial charge in [0, 0.05) is 37.8 Å². The van der Waals surface area contributed by atoms with E-state index < -0.39 is 0 Å². The SMILES string of the molecule is Nc1nc(Cl)nc(N2CCC(C(=O)N3OCC[C@H]3c3cnccn3)CC2)n1. The van der Waals surface area contributed by atoms with Crippen LogP contribution in [0, 0.1) is 5.92 Å². The van der Waals surface area contributed by atoms with Crippen LogP contribution in [-0.2, 0) is 9.63 Å². The summed E-state index contributed by atoms with van der Waals surface area (Å²) in [6, 6.07) is -0.189. The Kier molecular flexibility index (Phi) is 4.99. The first-order valence-electron chi connectivity index (χ1n) is 8.75. The van der Waals surface area contributed by atoms with E-state index in [1.807, 2.05) is 4.90 Å². The molecule has 2 aromatic heterocycles. The first-order chi connectivity index (χ1) is 13.1. The lowest BCUT2D eigenvalue weighted by Gasteiger charge is -2.33. The van der Waals surface area contributed by atoms with Gasteiger partial charge in [-0.05, 0) is 24.4 Å². The van der Waals surface area contributed by atoms with Crippen molar-refractivity contribution in [2.75, 3.05) is 30.3 Å². The number of piperidine rings is 1. The quantitative estimate of drug-likeness (QED) is 0.817. The highest BCUT2D eigenvalue weighted by Gasteiger charge is 2.38. The van der Waals surface area contributed by atoms with Gasteiger partial charge in [0.25, 0.3) is 0 Å². The second-order valence-electron chi connectivity index (χ2n) is 6.46. The number of nitrogens with two attached hydrogens (primary N) is 1. The summed E-state index contributed by atoms with van der Waals surface area (Å²) in [6.07, 6.45) is 6.95. The maximum Gasteiger partial charge on any atom is 0.250 e. The summed E-state index contributed by atoms with van der Waals surface area (Å²) < 4.78 is 0. The highest BCUT2D eigenvalue weighted by atomic mass is 35.5. The van der Waals surface area contributed by atoms with E-state index in [1.165, 1.54) is 5.06 Å². The van der Waals surface area contributed by atoms with Gasteiger partial charge in [-0.15, -0.1) is 0 Å². The minimum atomic E-state index is -0.189. The van der Waals surface area contributed by atoms with Crippen LogP contribution in [0.15, 0.2) is 18.6 Å². The minimum absolute atomic E-state index is 0.0176. The van der Waals surface area contributed by atoms with Crippen LogP contribution in [0.2, 0.25) is 5.28 Å². The molecule has 4 rings (SSSR count). The average molecular weight is 391 g/mol. The van der Waals surface area contributed by atoms with Crippen molar-refractivity contribution in [2.45, 2.75) is 25.3 Å². The molecule has 0 bridgehead atoms. The molecular formula is C16H19ClN8O2. The number of amides is 1. The van der Waals surface area contributed by atoms with Crippen molar-refractivity contribution in [3.05, 3.63) is 29.6 Å². The molecule has 0 saturated carbocycles. The molecule has 0 aliphatic carbocycles. The van der Waals surface area contributed by atoms with Crippen LogP contribution in [0.5, 0.6) is 0 Å². The number of nitrogen functional groups attached to an aromatic ring is 1. The lowest BCUT2D eigenvalue weighted by Crippen LogP contribution is -2.42. The lowest BCUT2D eigenvalue weighted by molar-refractivity contribution is -0.182. The zero-order valence-electron chi connectivity index (χ0n) is 14.5. The van der Waals surface area contributed by atoms with Gasteiger partial charge < -0.3 is 10.6 Å². The molecule has 2 fully saturated rings. The van der Waals surface area contributed by atoms with Crippen molar-refractivity contribution >= 4 is 29.4 Å². The lowest BCUT2D eigenvalue weighted by atomic mass is 9.95. The third-order valence-electron chi connectivity index (χ3n) is 4.79. The van der Waals surface area contributed by atoms with Gasteiger partial charge in [-0.1, -0.05) is 0 Å². The van der Waals surface area contributed by atoms with Gasteiger partial charge in [-0.25, -0.2) is 5.06 Å². The summed E-state index contributed by atoms with van der Waals surface area (Å²) in [5.74, 6) is 0.373. The maximum absolute atomic E-state index is 13.0. The number of carbonyl (C=O) groups is 1. The molecule has 10 nitrogen and oxygen atoms in total. The van der Waals surface area contributed by atoms with Crippen LogP contribution < -0.4 is 10.6 Å². The van der Waals surface area contributed by atoms with Crippen molar-refractivity contribution < 1.29 is 9.63 Å². The molecular weight excluding hydrogens is 372 g/mol. The summed E-state index contributed by atoms with van der Waals surface area (Å²) in [5, 5.41) is 1.54. The van der Waals surface area contributed by atoms with Crippen LogP contribution in [-0.4, -0.2) is 55.6 Å². The minimum Gasteiger partial charge on any atom is -0.368 e. The van der Waals surface area contributed by atoms with Gasteiger partial charge in [0.05, 0.1) is 18.5 Å². The predicted octanol–water partition coefficient (Wildman–Crippen LogP) is 1.02. The van der Waals surface area contributed by atoms with Gasteiger partial charge in [0.15, 0.2) is 0 Å². The van der Waals surface area contributed by atoms with Crippen molar-refractivity contribution in [1.82, 2.24) is 30.0 Å². The summed E-state index contributed by atoms with van der Waals surface area (Å²) in [4.78, 5) is 41.0. The van der Waals surface area contributed by atoms with E-state index in [4.69, 9.17) is 22.2 Å². The second kappa shape index (κ2) is 7.57. The van der Waals surface area contributed by atoms with Crippen molar-refractivity contribution in [2.24, 2.45) is 5.92 Å². The number of rotatable bonds is 3. The van der Waals surface area contributed by atoms with E-state index in [0.29, 0.717) is 44.9 Å². The molecule has 2 aliphatic rings. The molecule has 2 saturated heterocycles. The first-order valence-corrected chi connectivity index (χ1v) is 9.13. The molecule has 2 aliphatic heterocycles. The molecule has 11 heteroatoms. The standard InChI is InChI=1S/C16H19ClN8O2/c17-14-21-15(18)23-16(22-14)24-6-1-10(2-7-24)13(26)25-12(3-8-27-25)11-9-19-4-5-20-11/h4-5,9-10,12H,1-3,6-8H2,(H2,18,21,22,23)/t12-/m0/s1. The highest BCUT2D eigenvalue weighted by molar-refractivity contribution is 6.28. The van der Waals surface area contributed by atoms with Gasteiger partial charge in [0.2, 0.25) is 23.1 Å². The topological polar surface area (TPSA) is 123 Å². The molecule has 27 heavy (non-hydrogen) atoms. The Labute approximate surface area is 160 Å². The van der Waals surface area contributed by atoms with E-state index >= 15 is 0 Å². The monoisotopic (exact) mass is 390 g/mol. The molecule has 0 spiro atoms. The number of hydrogen-bond acceptors (Lipinski definition) is 9. The van der Waals surface area contributed by atoms with Crippen LogP contribution >= 0.6 is 11.6 Å². The summed E-state index contributed by atoms with van der Waals surface area (Å²) in [5.41, 5.74) is 6.38. The average Bonchev–Trinajstić information content (AvgIpc) is 3.17. The summed E-state index contributed by atoms with van der Waals surface area (Å²) >= 11 is 5.85. The number of nitrogens with zero attached hydrogens (tertiary/aromatic N) is 7. The van der Waals surface area contributed by atoms with Crippen molar-refractivity contribution in [1.29, 1.82) is 0 Å². The Hall–Kier alpha value is -2.59. The Morgan fingerprint density at radius 2 is 2.00 bits per heavy atom. The van der Waals surface area contributed by atoms with Crippen LogP contribution in [0.4, 0.5) is 11.9 Å². The van der Waals surface area contributed by atoms with Crippen LogP contribution in [0.1, 0.15) is 31.0 Å². The molecule has 0 radical (unpaired) electrons. The number of carbonyl (C=O) groups excluding carboxylic acids is 1. The predicted molar refractivity (Wildman–Crippen MR) is 96.4 cm³/mol. The number of hydrogen-bond donors (Lipinski definition) is 1. The molecule has 1 atom stereocenters. The smallest absolute Gasteiger partial charge is 0.250 e. The fourth-order valence-electron chi connectivity index (χ4n) is 3.44. The molecule has 1 amide bonds. The second-order valence-corrected chi connectivity index (χ2v) is 6.79. The summed E-state index contributed by atoms with van der Waals surface area (Å²) in [7, 11) is 0. The molecule has 0 unspecified atom stereocenters. The van der Waals surface area contributed by atoms with Crippen molar-refractivity contribution in [3.63, 3.8) is 0 Å². The summed E-state index contributed by atoms with van der Waals surface area (Å²) in [6.45, 7) is 1.74. The van der Waals surface area contributed by atoms with Gasteiger partial charge in [0.1, 0.15) is 6.04 Å². The van der Waals surface area contributed by atoms with Crippen LogP contribution in [0.3, 0.4) is 0 Å². The van der Waals surface area contributed by atoms with E-state index in [0.717, 1.165) is 5.69 Å². The molecule has 0 aromatic carbocycles. The number of hydroxylamine groups is 2. The van der Waals surface area contributed by atoms with E-state index in [-0.39, 0.29) is 29.1 Å². The normalized spacial score (nSPS) is 20.9. The molecule has 142 valence electrons. The Morgan fingerprint density at radius 3 is 2.70 bits per heavy atom. The first kappa shape index (κ1) is 17.8. The third-order valence-corrected chi connectivity index (χ3v) is 4.96. The highest BCUT2D eigenvalue weighted by Crippen LogP contribution is 2.32. The number of anilines is 2. The fraction of sp³-hybridized carbons (Fsp3) is 0.500. The zero-order chi connectivity index (χ0) is 18.8. The van der Waals surface area contributed by atoms with Crippen molar-refractivity contribution in [3.8, 4) is 0 Å². The third kappa shape index (κ3) is 3.76. The Balaban J connectivity index is 1.41. The molecule has 4 heterocycles. The molecule has 2 N–H and O–H groups in total. The largest absolute Gasteiger partial charge is 0.368 e. The Morgan fingerprint density at radius 1 is 1.19 bits per heavy atom. The number of aromatic nitrogens is 5. The van der Waals surface area contributed by atoms with E-state index in [1.54, 1.807) is 18.6 Å². The van der Waals surface area contributed by atoms with Gasteiger partial charge in [-0.2, -0.15) is 15.0 Å². The maximum atomic E-state index is 13.0. The van der Waals surface area contributed by atoms with E-state index in [2.05, 4.69) is 24.9 Å². The zero-order valence-corrected chi connectivity index (χ0v) is 15.3. The fourth-order valence-corrected chi connectivity index (χ4v) is 3.60. The van der Waals surface area contributed by atoms with Gasteiger partial charge >= 0.3 is 0 Å². The Bertz CT molecular complexity index is 795. The van der Waals surface area contributed by atoms with Gasteiger partial charge in [-0.3, -0.25) is 19.6 Å². The van der Waals surface area contributed by atoms with Crippen LogP contribution in [0.25, 0.3) is 0 Å².